The molecular formula is C16H14N4O3S. The summed E-state index contributed by atoms with van der Waals surface area (Å²) in [7, 11) is -3.92. The van der Waals surface area contributed by atoms with Crippen LogP contribution in [0, 0.1) is 6.92 Å². The molecular weight excluding hydrogens is 328 g/mol. The van der Waals surface area contributed by atoms with E-state index in [4.69, 9.17) is 4.18 Å². The second-order valence-corrected chi connectivity index (χ2v) is 6.52. The summed E-state index contributed by atoms with van der Waals surface area (Å²) < 4.78 is 31.5. The average Bonchev–Trinajstić information content (AvgIpc) is 3.07. The van der Waals surface area contributed by atoms with Gasteiger partial charge in [0, 0.05) is 5.56 Å². The van der Waals surface area contributed by atoms with E-state index in [1.807, 2.05) is 6.92 Å². The van der Waals surface area contributed by atoms with E-state index in [9.17, 15) is 8.42 Å². The Morgan fingerprint density at radius 3 is 2.42 bits per heavy atom. The number of benzene rings is 2. The largest absolute Gasteiger partial charge is 0.378 e. The number of rotatable bonds is 5. The Morgan fingerprint density at radius 1 is 1.04 bits per heavy atom. The van der Waals surface area contributed by atoms with Crippen LogP contribution in [-0.4, -0.2) is 29.5 Å². The molecule has 0 spiro atoms. The fourth-order valence-electron chi connectivity index (χ4n) is 1.92. The van der Waals surface area contributed by atoms with E-state index in [2.05, 4.69) is 15.3 Å². The fourth-order valence-corrected chi connectivity index (χ4v) is 2.87. The van der Waals surface area contributed by atoms with Crippen molar-refractivity contribution in [3.05, 3.63) is 72.3 Å². The van der Waals surface area contributed by atoms with E-state index in [0.29, 0.717) is 5.56 Å². The van der Waals surface area contributed by atoms with Crippen molar-refractivity contribution in [2.75, 3.05) is 0 Å². The maximum atomic E-state index is 12.4. The van der Waals surface area contributed by atoms with E-state index in [1.54, 1.807) is 36.4 Å². The molecule has 0 atom stereocenters. The highest BCUT2D eigenvalue weighted by Gasteiger charge is 2.17. The first kappa shape index (κ1) is 15.9. The zero-order chi connectivity index (χ0) is 17.0. The van der Waals surface area contributed by atoms with Crippen LogP contribution >= 0.6 is 0 Å². The summed E-state index contributed by atoms with van der Waals surface area (Å²) in [5.41, 5.74) is 1.48. The average molecular weight is 342 g/mol. The van der Waals surface area contributed by atoms with Gasteiger partial charge < -0.3 is 4.18 Å². The Morgan fingerprint density at radius 2 is 1.71 bits per heavy atom. The maximum absolute atomic E-state index is 12.4. The summed E-state index contributed by atoms with van der Waals surface area (Å²) in [5, 5.41) is 11.4. The summed E-state index contributed by atoms with van der Waals surface area (Å²) in [5.74, 6) is 0.190. The lowest BCUT2D eigenvalue weighted by Crippen LogP contribution is -2.11. The Bertz CT molecular complexity index is 949. The molecule has 0 aliphatic rings. The van der Waals surface area contributed by atoms with Gasteiger partial charge in [-0.3, -0.25) is 0 Å². The van der Waals surface area contributed by atoms with Crippen LogP contribution in [0.4, 0.5) is 0 Å². The van der Waals surface area contributed by atoms with Crippen LogP contribution in [0.15, 0.2) is 71.2 Å². The fraction of sp³-hybridized carbons (Fsp3) is 0.0625. The molecule has 0 fully saturated rings. The molecule has 0 saturated carbocycles. The highest BCUT2D eigenvalue weighted by atomic mass is 32.2. The summed E-state index contributed by atoms with van der Waals surface area (Å²) in [6.07, 6.45) is 4.31. The van der Waals surface area contributed by atoms with Crippen molar-refractivity contribution in [2.45, 2.75) is 11.8 Å². The Labute approximate surface area is 139 Å². The van der Waals surface area contributed by atoms with E-state index in [-0.39, 0.29) is 10.6 Å². The molecule has 0 unspecified atom stereocenters. The predicted molar refractivity (Wildman–Crippen MR) is 88.4 cm³/mol. The Kier molecular flexibility index (Phi) is 4.39. The maximum Gasteiger partial charge on any atom is 0.339 e. The Hall–Kier alpha value is -3.00. The minimum atomic E-state index is -3.92. The van der Waals surface area contributed by atoms with Gasteiger partial charge in [-0.05, 0) is 31.2 Å². The zero-order valence-electron chi connectivity index (χ0n) is 12.8. The second kappa shape index (κ2) is 6.63. The standard InChI is InChI=1S/C16H14N4O3S/c1-13-6-8-15(9-7-13)24(21,22)23-16-5-3-2-4-14(16)10-19-20-11-17-18-12-20/h2-12H,1H3/b19-10-. The number of hydrogen-bond acceptors (Lipinski definition) is 6. The summed E-state index contributed by atoms with van der Waals surface area (Å²) in [4.78, 5) is 0.0960. The molecule has 8 heteroatoms. The molecule has 0 aliphatic carbocycles. The van der Waals surface area contributed by atoms with E-state index >= 15 is 0 Å². The van der Waals surface area contributed by atoms with E-state index in [1.165, 1.54) is 35.7 Å². The normalized spacial score (nSPS) is 11.7. The van der Waals surface area contributed by atoms with Crippen LogP contribution in [0.1, 0.15) is 11.1 Å². The van der Waals surface area contributed by atoms with Crippen LogP contribution in [0.5, 0.6) is 5.75 Å². The van der Waals surface area contributed by atoms with Crippen molar-refractivity contribution < 1.29 is 12.6 Å². The number of nitrogens with zero attached hydrogens (tertiary/aromatic N) is 4. The van der Waals surface area contributed by atoms with Crippen molar-refractivity contribution in [3.63, 3.8) is 0 Å². The van der Waals surface area contributed by atoms with Gasteiger partial charge in [-0.15, -0.1) is 10.2 Å². The summed E-state index contributed by atoms with van der Waals surface area (Å²) in [6.45, 7) is 1.88. The molecule has 0 amide bonds. The van der Waals surface area contributed by atoms with Gasteiger partial charge in [-0.1, -0.05) is 29.8 Å². The lowest BCUT2D eigenvalue weighted by atomic mass is 10.2. The van der Waals surface area contributed by atoms with Crippen molar-refractivity contribution in [2.24, 2.45) is 5.10 Å². The first-order valence-electron chi connectivity index (χ1n) is 7.04. The molecule has 0 bridgehead atoms. The van der Waals surface area contributed by atoms with Crippen LogP contribution in [-0.2, 0) is 10.1 Å². The van der Waals surface area contributed by atoms with Gasteiger partial charge >= 0.3 is 10.1 Å². The van der Waals surface area contributed by atoms with Gasteiger partial charge in [0.2, 0.25) is 0 Å². The smallest absolute Gasteiger partial charge is 0.339 e. The van der Waals surface area contributed by atoms with Crippen LogP contribution in [0.2, 0.25) is 0 Å². The SMILES string of the molecule is Cc1ccc(S(=O)(=O)Oc2ccccc2/C=N\n2cnnc2)cc1. The van der Waals surface area contributed by atoms with E-state index < -0.39 is 10.1 Å². The van der Waals surface area contributed by atoms with Crippen molar-refractivity contribution in [1.29, 1.82) is 0 Å². The molecule has 0 radical (unpaired) electrons. The molecule has 1 aromatic heterocycles. The van der Waals surface area contributed by atoms with Crippen molar-refractivity contribution in [3.8, 4) is 5.75 Å². The van der Waals surface area contributed by atoms with Gasteiger partial charge in [-0.2, -0.15) is 13.5 Å². The molecule has 3 rings (SSSR count). The molecule has 0 N–H and O–H groups in total. The monoisotopic (exact) mass is 342 g/mol. The molecule has 0 saturated heterocycles. The third-order valence-corrected chi connectivity index (χ3v) is 4.41. The van der Waals surface area contributed by atoms with Gasteiger partial charge in [-0.25, -0.2) is 4.68 Å². The number of hydrogen-bond donors (Lipinski definition) is 0. The minimum Gasteiger partial charge on any atom is -0.378 e. The van der Waals surface area contributed by atoms with Crippen molar-refractivity contribution in [1.82, 2.24) is 14.9 Å². The predicted octanol–water partition coefficient (Wildman–Crippen LogP) is 2.24. The molecule has 2 aromatic carbocycles. The van der Waals surface area contributed by atoms with Crippen LogP contribution < -0.4 is 4.18 Å². The molecule has 122 valence electrons. The lowest BCUT2D eigenvalue weighted by molar-refractivity contribution is 0.485. The topological polar surface area (TPSA) is 86.4 Å². The molecule has 7 nitrogen and oxygen atoms in total. The highest BCUT2D eigenvalue weighted by Crippen LogP contribution is 2.22. The third-order valence-electron chi connectivity index (χ3n) is 3.16. The summed E-state index contributed by atoms with van der Waals surface area (Å²) in [6, 6.07) is 13.2. The van der Waals surface area contributed by atoms with Gasteiger partial charge in [0.1, 0.15) is 17.6 Å². The van der Waals surface area contributed by atoms with E-state index in [0.717, 1.165) is 5.56 Å². The quantitative estimate of drug-likeness (QED) is 0.524. The van der Waals surface area contributed by atoms with Gasteiger partial charge in [0.25, 0.3) is 0 Å². The number of para-hydroxylation sites is 1. The third kappa shape index (κ3) is 3.66. The first-order valence-corrected chi connectivity index (χ1v) is 8.44. The highest BCUT2D eigenvalue weighted by molar-refractivity contribution is 7.87. The number of aromatic nitrogens is 3. The molecule has 24 heavy (non-hydrogen) atoms. The van der Waals surface area contributed by atoms with Gasteiger partial charge in [0.15, 0.2) is 5.75 Å². The molecule has 1 heterocycles. The molecule has 3 aromatic rings. The van der Waals surface area contributed by atoms with Crippen molar-refractivity contribution >= 4 is 16.3 Å². The Balaban J connectivity index is 1.88. The van der Waals surface area contributed by atoms with Gasteiger partial charge in [0.05, 0.1) is 6.21 Å². The minimum absolute atomic E-state index is 0.0960. The summed E-state index contributed by atoms with van der Waals surface area (Å²) >= 11 is 0. The van der Waals surface area contributed by atoms with Crippen LogP contribution in [0.3, 0.4) is 0 Å². The lowest BCUT2D eigenvalue weighted by Gasteiger charge is -2.09. The first-order chi connectivity index (χ1) is 11.5. The van der Waals surface area contributed by atoms with Crippen LogP contribution in [0.25, 0.3) is 0 Å². The molecule has 0 aliphatic heterocycles. The number of aryl methyl sites for hydroxylation is 1. The second-order valence-electron chi connectivity index (χ2n) is 4.97. The zero-order valence-corrected chi connectivity index (χ0v) is 13.6.